The van der Waals surface area contributed by atoms with Gasteiger partial charge in [-0.3, -0.25) is 4.79 Å². The molecule has 0 radical (unpaired) electrons. The topological polar surface area (TPSA) is 78.3 Å². The van der Waals surface area contributed by atoms with E-state index in [9.17, 15) is 13.2 Å². The van der Waals surface area contributed by atoms with Gasteiger partial charge in [-0.1, -0.05) is 17.5 Å². The molecule has 0 aliphatic carbocycles. The molecule has 1 aromatic carbocycles. The molecule has 138 valence electrons. The summed E-state index contributed by atoms with van der Waals surface area (Å²) in [5, 5.41) is 4.30. The Hall–Kier alpha value is -2.30. The Kier molecular flexibility index (Phi) is 5.49. The highest BCUT2D eigenvalue weighted by atomic mass is 35.5. The van der Waals surface area contributed by atoms with Crippen LogP contribution >= 0.6 is 11.6 Å². The Balaban J connectivity index is 2.69. The molecular formula is C18H19ClN2O4S. The van der Waals surface area contributed by atoms with Gasteiger partial charge in [0.05, 0.1) is 15.6 Å². The molecule has 0 bridgehead atoms. The van der Waals surface area contributed by atoms with Gasteiger partial charge in [-0.05, 0) is 38.0 Å². The van der Waals surface area contributed by atoms with Gasteiger partial charge < -0.3 is 4.74 Å². The summed E-state index contributed by atoms with van der Waals surface area (Å²) >= 11 is 6.35. The summed E-state index contributed by atoms with van der Waals surface area (Å²) in [5.74, 6) is 2.18. The fourth-order valence-corrected chi connectivity index (χ4v) is 4.58. The predicted molar refractivity (Wildman–Crippen MR) is 99.7 cm³/mol. The summed E-state index contributed by atoms with van der Waals surface area (Å²) in [6.45, 7) is 4.86. The van der Waals surface area contributed by atoms with Crippen molar-refractivity contribution < 1.29 is 17.9 Å². The summed E-state index contributed by atoms with van der Waals surface area (Å²) in [6.07, 6.45) is 6.33. The molecule has 0 spiro atoms. The van der Waals surface area contributed by atoms with E-state index in [-0.39, 0.29) is 33.5 Å². The molecule has 0 saturated heterocycles. The zero-order valence-electron chi connectivity index (χ0n) is 15.2. The van der Waals surface area contributed by atoms with Crippen LogP contribution in [0, 0.1) is 33.1 Å². The van der Waals surface area contributed by atoms with Crippen LogP contribution in [-0.4, -0.2) is 36.8 Å². The van der Waals surface area contributed by atoms with E-state index >= 15 is 0 Å². The van der Waals surface area contributed by atoms with Gasteiger partial charge in [0.1, 0.15) is 5.56 Å². The highest BCUT2D eigenvalue weighted by Gasteiger charge is 2.28. The van der Waals surface area contributed by atoms with Crippen LogP contribution in [0.5, 0.6) is 5.88 Å². The van der Waals surface area contributed by atoms with Crippen LogP contribution < -0.4 is 4.74 Å². The van der Waals surface area contributed by atoms with Crippen LogP contribution in [0.15, 0.2) is 11.0 Å². The van der Waals surface area contributed by atoms with Gasteiger partial charge in [0.2, 0.25) is 11.7 Å². The van der Waals surface area contributed by atoms with Gasteiger partial charge in [-0.2, -0.15) is 5.10 Å². The first-order valence-corrected chi connectivity index (χ1v) is 9.91. The van der Waals surface area contributed by atoms with E-state index < -0.39 is 15.6 Å². The van der Waals surface area contributed by atoms with E-state index in [0.717, 1.165) is 6.26 Å². The second-order valence-corrected chi connectivity index (χ2v) is 8.32. The molecule has 0 saturated carbocycles. The van der Waals surface area contributed by atoms with Crippen molar-refractivity contribution in [3.8, 4) is 18.2 Å². The molecule has 1 heterocycles. The molecule has 0 fully saturated rings. The second-order valence-electron chi connectivity index (χ2n) is 5.99. The smallest absolute Gasteiger partial charge is 0.224 e. The van der Waals surface area contributed by atoms with Crippen LogP contribution in [0.3, 0.4) is 0 Å². The number of aromatic nitrogens is 2. The Bertz CT molecular complexity index is 1050. The number of terminal acetylenes is 1. The van der Waals surface area contributed by atoms with Gasteiger partial charge in [0, 0.05) is 18.9 Å². The van der Waals surface area contributed by atoms with Crippen molar-refractivity contribution in [3.63, 3.8) is 0 Å². The lowest BCUT2D eigenvalue weighted by Gasteiger charge is -2.14. The maximum Gasteiger partial charge on any atom is 0.224 e. The van der Waals surface area contributed by atoms with E-state index in [4.69, 9.17) is 22.8 Å². The fourth-order valence-electron chi connectivity index (χ4n) is 2.99. The first kappa shape index (κ1) is 20.0. The lowest BCUT2D eigenvalue weighted by molar-refractivity contribution is 0.103. The maximum atomic E-state index is 13.1. The van der Waals surface area contributed by atoms with E-state index in [1.807, 2.05) is 0 Å². The van der Waals surface area contributed by atoms with Crippen molar-refractivity contribution in [2.75, 3.05) is 12.9 Å². The molecule has 8 heteroatoms. The predicted octanol–water partition coefficient (Wildman–Crippen LogP) is 2.65. The maximum absolute atomic E-state index is 13.1. The van der Waals surface area contributed by atoms with Crippen LogP contribution in [0.4, 0.5) is 0 Å². The molecule has 0 N–H and O–H groups in total. The highest BCUT2D eigenvalue weighted by molar-refractivity contribution is 7.90. The lowest BCUT2D eigenvalue weighted by atomic mass is 9.99. The van der Waals surface area contributed by atoms with E-state index in [1.165, 1.54) is 10.7 Å². The minimum absolute atomic E-state index is 0.0158. The van der Waals surface area contributed by atoms with Gasteiger partial charge in [0.25, 0.3) is 0 Å². The number of carbonyl (C=O) groups is 1. The number of carbonyl (C=O) groups excluding carboxylic acids is 1. The third kappa shape index (κ3) is 3.48. The van der Waals surface area contributed by atoms with Gasteiger partial charge in [0.15, 0.2) is 16.4 Å². The third-order valence-corrected chi connectivity index (χ3v) is 5.79. The van der Waals surface area contributed by atoms with Crippen molar-refractivity contribution in [1.82, 2.24) is 9.78 Å². The van der Waals surface area contributed by atoms with Crippen molar-refractivity contribution in [1.29, 1.82) is 0 Å². The second kappa shape index (κ2) is 7.14. The summed E-state index contributed by atoms with van der Waals surface area (Å²) in [5.41, 5.74) is 1.69. The van der Waals surface area contributed by atoms with Crippen LogP contribution in [0.1, 0.15) is 32.7 Å². The van der Waals surface area contributed by atoms with E-state index in [0.29, 0.717) is 16.8 Å². The first-order chi connectivity index (χ1) is 12.0. The van der Waals surface area contributed by atoms with Gasteiger partial charge in [-0.15, -0.1) is 6.42 Å². The molecule has 2 aromatic rings. The third-order valence-electron chi connectivity index (χ3n) is 3.93. The number of aryl methyl sites for hydroxylation is 3. The summed E-state index contributed by atoms with van der Waals surface area (Å²) in [7, 11) is -1.84. The number of ether oxygens (including phenoxy) is 1. The average Bonchev–Trinajstić information content (AvgIpc) is 2.80. The number of ketones is 1. The van der Waals surface area contributed by atoms with Crippen molar-refractivity contribution >= 4 is 27.2 Å². The summed E-state index contributed by atoms with van der Waals surface area (Å²) in [6, 6.07) is 1.48. The SMILES string of the molecule is C#CCOc1c(C(=O)c2cc(C)c(S(C)(=O)=O)c(C)c2Cl)c(C)nn1C. The quantitative estimate of drug-likeness (QED) is 0.575. The number of hydrogen-bond acceptors (Lipinski definition) is 5. The lowest BCUT2D eigenvalue weighted by Crippen LogP contribution is -2.11. The summed E-state index contributed by atoms with van der Waals surface area (Å²) in [4.78, 5) is 13.3. The molecule has 0 aliphatic rings. The monoisotopic (exact) mass is 394 g/mol. The average molecular weight is 395 g/mol. The first-order valence-electron chi connectivity index (χ1n) is 7.65. The van der Waals surface area contributed by atoms with Crippen LogP contribution in [-0.2, 0) is 16.9 Å². The zero-order chi connectivity index (χ0) is 19.8. The van der Waals surface area contributed by atoms with Crippen molar-refractivity contribution in [2.45, 2.75) is 25.7 Å². The number of sulfone groups is 1. The van der Waals surface area contributed by atoms with E-state index in [2.05, 4.69) is 11.0 Å². The largest absolute Gasteiger partial charge is 0.464 e. The molecule has 0 atom stereocenters. The molecule has 0 aliphatic heterocycles. The highest BCUT2D eigenvalue weighted by Crippen LogP contribution is 2.34. The molecular weight excluding hydrogens is 376 g/mol. The fraction of sp³-hybridized carbons (Fsp3) is 0.333. The number of hydrogen-bond donors (Lipinski definition) is 0. The van der Waals surface area contributed by atoms with E-state index in [1.54, 1.807) is 27.8 Å². The molecule has 2 rings (SSSR count). The van der Waals surface area contributed by atoms with Gasteiger partial charge >= 0.3 is 0 Å². The number of rotatable bonds is 5. The standard InChI is InChI=1S/C18H19ClN2O4S/c1-7-8-25-18-14(12(4)20-21(18)5)16(22)13-9-10(2)17(26(6,23)24)11(3)15(13)19/h1,9H,8H2,2-6H3. The van der Waals surface area contributed by atoms with Gasteiger partial charge in [-0.25, -0.2) is 13.1 Å². The van der Waals surface area contributed by atoms with Crippen LogP contribution in [0.25, 0.3) is 0 Å². The normalized spacial score (nSPS) is 11.3. The molecule has 26 heavy (non-hydrogen) atoms. The van der Waals surface area contributed by atoms with Crippen molar-refractivity contribution in [2.24, 2.45) is 7.05 Å². The summed E-state index contributed by atoms with van der Waals surface area (Å²) < 4.78 is 30.9. The Morgan fingerprint density at radius 3 is 2.54 bits per heavy atom. The number of halogens is 1. The van der Waals surface area contributed by atoms with Crippen LogP contribution in [0.2, 0.25) is 5.02 Å². The number of benzene rings is 1. The Morgan fingerprint density at radius 2 is 2.00 bits per heavy atom. The number of nitrogens with zero attached hydrogens (tertiary/aromatic N) is 2. The minimum Gasteiger partial charge on any atom is -0.464 e. The minimum atomic E-state index is -3.48. The zero-order valence-corrected chi connectivity index (χ0v) is 16.7. The molecule has 1 aromatic heterocycles. The molecule has 0 unspecified atom stereocenters. The molecule has 6 nitrogen and oxygen atoms in total. The Labute approximate surface area is 158 Å². The van der Waals surface area contributed by atoms with Crippen molar-refractivity contribution in [3.05, 3.63) is 39.0 Å². The molecule has 0 amide bonds. The Morgan fingerprint density at radius 1 is 1.38 bits per heavy atom.